The van der Waals surface area contributed by atoms with Crippen LogP contribution in [-0.2, 0) is 9.53 Å². The standard InChI is InChI=1S/C14H18O3S/c1-16-14(15)13(11-7-8-18-10-11)9-17-12-5-3-2-4-6-12/h2-6,11,13H,7-10H2,1H3. The Balaban J connectivity index is 1.94. The van der Waals surface area contributed by atoms with Crippen LogP contribution < -0.4 is 4.74 Å². The highest BCUT2D eigenvalue weighted by Crippen LogP contribution is 2.31. The van der Waals surface area contributed by atoms with E-state index in [1.165, 1.54) is 7.11 Å². The lowest BCUT2D eigenvalue weighted by molar-refractivity contribution is -0.148. The van der Waals surface area contributed by atoms with Crippen LogP contribution in [-0.4, -0.2) is 31.2 Å². The first-order chi connectivity index (χ1) is 8.81. The Kier molecular flexibility index (Phi) is 4.93. The van der Waals surface area contributed by atoms with Crippen LogP contribution >= 0.6 is 11.8 Å². The molecular formula is C14H18O3S. The molecule has 0 saturated carbocycles. The number of hydrogen-bond acceptors (Lipinski definition) is 4. The van der Waals surface area contributed by atoms with Crippen molar-refractivity contribution < 1.29 is 14.3 Å². The molecule has 1 aromatic carbocycles. The first-order valence-corrected chi connectivity index (χ1v) is 7.30. The van der Waals surface area contributed by atoms with E-state index in [1.807, 2.05) is 42.1 Å². The Morgan fingerprint density at radius 3 is 2.83 bits per heavy atom. The van der Waals surface area contributed by atoms with Gasteiger partial charge in [0.15, 0.2) is 0 Å². The van der Waals surface area contributed by atoms with E-state index in [-0.39, 0.29) is 11.9 Å². The number of benzene rings is 1. The minimum atomic E-state index is -0.154. The zero-order valence-corrected chi connectivity index (χ0v) is 11.3. The number of carbonyl (C=O) groups excluding carboxylic acids is 1. The third-order valence-electron chi connectivity index (χ3n) is 3.21. The van der Waals surface area contributed by atoms with Crippen molar-refractivity contribution in [1.29, 1.82) is 0 Å². The number of thioether (sulfide) groups is 1. The molecule has 1 aliphatic rings. The predicted octanol–water partition coefficient (Wildman–Crippen LogP) is 2.61. The monoisotopic (exact) mass is 266 g/mol. The van der Waals surface area contributed by atoms with Crippen LogP contribution in [0.2, 0.25) is 0 Å². The molecule has 0 spiro atoms. The lowest BCUT2D eigenvalue weighted by Gasteiger charge is -2.20. The lowest BCUT2D eigenvalue weighted by atomic mass is 9.92. The van der Waals surface area contributed by atoms with Crippen molar-refractivity contribution in [3.8, 4) is 5.75 Å². The molecule has 0 bridgehead atoms. The molecular weight excluding hydrogens is 248 g/mol. The Hall–Kier alpha value is -1.16. The van der Waals surface area contributed by atoms with Gasteiger partial charge < -0.3 is 9.47 Å². The SMILES string of the molecule is COC(=O)C(COc1ccccc1)C1CCSC1. The summed E-state index contributed by atoms with van der Waals surface area (Å²) in [5.41, 5.74) is 0. The van der Waals surface area contributed by atoms with Crippen LogP contribution in [0.5, 0.6) is 5.75 Å². The highest BCUT2D eigenvalue weighted by molar-refractivity contribution is 7.99. The molecule has 0 amide bonds. The highest BCUT2D eigenvalue weighted by atomic mass is 32.2. The maximum Gasteiger partial charge on any atom is 0.312 e. The normalized spacial score (nSPS) is 20.4. The summed E-state index contributed by atoms with van der Waals surface area (Å²) in [5, 5.41) is 0. The summed E-state index contributed by atoms with van der Waals surface area (Å²) in [5.74, 6) is 3.04. The number of esters is 1. The van der Waals surface area contributed by atoms with Gasteiger partial charge >= 0.3 is 5.97 Å². The average molecular weight is 266 g/mol. The van der Waals surface area contributed by atoms with Crippen LogP contribution in [0.15, 0.2) is 30.3 Å². The molecule has 0 aliphatic carbocycles. The number of ether oxygens (including phenoxy) is 2. The van der Waals surface area contributed by atoms with Crippen molar-refractivity contribution in [2.75, 3.05) is 25.2 Å². The second kappa shape index (κ2) is 6.69. The molecule has 3 nitrogen and oxygen atoms in total. The van der Waals surface area contributed by atoms with Gasteiger partial charge in [-0.05, 0) is 36.0 Å². The Labute approximate surface area is 112 Å². The van der Waals surface area contributed by atoms with Gasteiger partial charge in [0.2, 0.25) is 0 Å². The van der Waals surface area contributed by atoms with E-state index >= 15 is 0 Å². The molecule has 1 aliphatic heterocycles. The Morgan fingerprint density at radius 2 is 2.22 bits per heavy atom. The fourth-order valence-corrected chi connectivity index (χ4v) is 3.46. The van der Waals surface area contributed by atoms with E-state index in [2.05, 4.69) is 0 Å². The van der Waals surface area contributed by atoms with Crippen molar-refractivity contribution >= 4 is 17.7 Å². The van der Waals surface area contributed by atoms with E-state index in [0.29, 0.717) is 12.5 Å². The van der Waals surface area contributed by atoms with Gasteiger partial charge in [0, 0.05) is 0 Å². The van der Waals surface area contributed by atoms with E-state index in [0.717, 1.165) is 23.7 Å². The third kappa shape index (κ3) is 3.42. The second-order valence-corrected chi connectivity index (χ2v) is 5.53. The lowest BCUT2D eigenvalue weighted by Crippen LogP contribution is -2.30. The average Bonchev–Trinajstić information content (AvgIpc) is 2.94. The molecule has 2 atom stereocenters. The summed E-state index contributed by atoms with van der Waals surface area (Å²) in [6, 6.07) is 9.59. The van der Waals surface area contributed by atoms with Crippen molar-refractivity contribution in [1.82, 2.24) is 0 Å². The molecule has 98 valence electrons. The first kappa shape index (κ1) is 13.3. The molecule has 1 fully saturated rings. The number of hydrogen-bond donors (Lipinski definition) is 0. The third-order valence-corrected chi connectivity index (χ3v) is 4.40. The number of rotatable bonds is 5. The van der Waals surface area contributed by atoms with Gasteiger partial charge in [-0.25, -0.2) is 0 Å². The molecule has 1 saturated heterocycles. The molecule has 2 unspecified atom stereocenters. The summed E-state index contributed by atoms with van der Waals surface area (Å²) in [6.07, 6.45) is 1.07. The van der Waals surface area contributed by atoms with Crippen LogP contribution in [0.3, 0.4) is 0 Å². The van der Waals surface area contributed by atoms with Crippen molar-refractivity contribution in [3.05, 3.63) is 30.3 Å². The van der Waals surface area contributed by atoms with E-state index in [1.54, 1.807) is 0 Å². The Bertz CT molecular complexity index is 374. The summed E-state index contributed by atoms with van der Waals surface area (Å²) < 4.78 is 10.6. The topological polar surface area (TPSA) is 35.5 Å². The molecule has 2 rings (SSSR count). The van der Waals surface area contributed by atoms with Gasteiger partial charge in [0.1, 0.15) is 12.4 Å². The highest BCUT2D eigenvalue weighted by Gasteiger charge is 2.32. The quantitative estimate of drug-likeness (QED) is 0.767. The van der Waals surface area contributed by atoms with E-state index < -0.39 is 0 Å². The zero-order valence-electron chi connectivity index (χ0n) is 10.5. The minimum absolute atomic E-state index is 0.148. The van der Waals surface area contributed by atoms with Crippen molar-refractivity contribution in [3.63, 3.8) is 0 Å². The fraction of sp³-hybridized carbons (Fsp3) is 0.500. The number of methoxy groups -OCH3 is 1. The molecule has 0 aromatic heterocycles. The van der Waals surface area contributed by atoms with E-state index in [9.17, 15) is 4.79 Å². The Morgan fingerprint density at radius 1 is 1.44 bits per heavy atom. The molecule has 0 N–H and O–H groups in total. The summed E-state index contributed by atoms with van der Waals surface area (Å²) in [6.45, 7) is 0.405. The van der Waals surface area contributed by atoms with Gasteiger partial charge in [-0.15, -0.1) is 0 Å². The molecule has 1 heterocycles. The smallest absolute Gasteiger partial charge is 0.312 e. The minimum Gasteiger partial charge on any atom is -0.493 e. The second-order valence-electron chi connectivity index (χ2n) is 4.38. The summed E-state index contributed by atoms with van der Waals surface area (Å²) in [7, 11) is 1.44. The van der Waals surface area contributed by atoms with Gasteiger partial charge in [0.05, 0.1) is 13.0 Å². The first-order valence-electron chi connectivity index (χ1n) is 6.14. The van der Waals surface area contributed by atoms with Crippen molar-refractivity contribution in [2.24, 2.45) is 11.8 Å². The summed E-state index contributed by atoms with van der Waals surface area (Å²) >= 11 is 1.90. The van der Waals surface area contributed by atoms with Crippen LogP contribution in [0, 0.1) is 11.8 Å². The number of carbonyl (C=O) groups is 1. The largest absolute Gasteiger partial charge is 0.493 e. The summed E-state index contributed by atoms with van der Waals surface area (Å²) in [4.78, 5) is 11.8. The molecule has 1 aromatic rings. The van der Waals surface area contributed by atoms with Gasteiger partial charge in [-0.2, -0.15) is 11.8 Å². The van der Waals surface area contributed by atoms with Gasteiger partial charge in [-0.3, -0.25) is 4.79 Å². The molecule has 0 radical (unpaired) electrons. The predicted molar refractivity (Wildman–Crippen MR) is 72.9 cm³/mol. The van der Waals surface area contributed by atoms with Crippen molar-refractivity contribution in [2.45, 2.75) is 6.42 Å². The number of para-hydroxylation sites is 1. The maximum atomic E-state index is 11.8. The zero-order chi connectivity index (χ0) is 12.8. The molecule has 18 heavy (non-hydrogen) atoms. The van der Waals surface area contributed by atoms with Crippen LogP contribution in [0.25, 0.3) is 0 Å². The molecule has 4 heteroatoms. The van der Waals surface area contributed by atoms with Gasteiger partial charge in [0.25, 0.3) is 0 Å². The fourth-order valence-electron chi connectivity index (χ4n) is 2.12. The van der Waals surface area contributed by atoms with Crippen LogP contribution in [0.1, 0.15) is 6.42 Å². The maximum absolute atomic E-state index is 11.8. The van der Waals surface area contributed by atoms with Gasteiger partial charge in [-0.1, -0.05) is 18.2 Å². The van der Waals surface area contributed by atoms with Crippen LogP contribution in [0.4, 0.5) is 0 Å². The van der Waals surface area contributed by atoms with E-state index in [4.69, 9.17) is 9.47 Å².